The van der Waals surface area contributed by atoms with Crippen LogP contribution in [0, 0.1) is 0 Å². The van der Waals surface area contributed by atoms with Crippen LogP contribution in [-0.2, 0) is 11.2 Å². The fourth-order valence-electron chi connectivity index (χ4n) is 3.60. The van der Waals surface area contributed by atoms with Gasteiger partial charge in [-0.1, -0.05) is 74.7 Å². The Morgan fingerprint density at radius 2 is 1.84 bits per heavy atom. The Balaban J connectivity index is 1.64. The van der Waals surface area contributed by atoms with E-state index in [1.165, 1.54) is 24.8 Å². The lowest BCUT2D eigenvalue weighted by atomic mass is 10.1. The highest BCUT2D eigenvalue weighted by molar-refractivity contribution is 8.03. The maximum absolute atomic E-state index is 12.2. The lowest BCUT2D eigenvalue weighted by molar-refractivity contribution is -0.112. The summed E-state index contributed by atoms with van der Waals surface area (Å²) in [5.74, 6) is 0.515. The Morgan fingerprint density at radius 3 is 2.59 bits per heavy atom. The van der Waals surface area contributed by atoms with Gasteiger partial charge in [-0.05, 0) is 37.5 Å². The van der Waals surface area contributed by atoms with Crippen molar-refractivity contribution < 1.29 is 14.3 Å². The minimum absolute atomic E-state index is 0.0137. The van der Waals surface area contributed by atoms with Crippen molar-refractivity contribution in [1.29, 1.82) is 0 Å². The predicted octanol–water partition coefficient (Wildman–Crippen LogP) is 6.33. The maximum Gasteiger partial charge on any atom is 0.412 e. The molecule has 170 valence electrons. The molecule has 0 aromatic heterocycles. The van der Waals surface area contributed by atoms with Gasteiger partial charge >= 0.3 is 6.09 Å². The van der Waals surface area contributed by atoms with Gasteiger partial charge in [0, 0.05) is 30.1 Å². The first-order valence-electron chi connectivity index (χ1n) is 11.4. The highest BCUT2D eigenvalue weighted by Crippen LogP contribution is 2.47. The summed E-state index contributed by atoms with van der Waals surface area (Å²) in [6, 6.07) is 15.9. The largest absolute Gasteiger partial charge is 0.412 e. The quantitative estimate of drug-likeness (QED) is 0.319. The SMILES string of the molecule is CCCCCCCNC(=O)Oc1ccc2c(c1)N(CCc1ccccc1)/C(=C/C(C)=O)S2. The first-order valence-corrected chi connectivity index (χ1v) is 12.2. The monoisotopic (exact) mass is 452 g/mol. The molecule has 1 N–H and O–H groups in total. The molecule has 0 atom stereocenters. The third-order valence-electron chi connectivity index (χ3n) is 5.26. The van der Waals surface area contributed by atoms with Crippen LogP contribution >= 0.6 is 11.8 Å². The normalized spacial score (nSPS) is 13.8. The molecule has 0 fully saturated rings. The van der Waals surface area contributed by atoms with Gasteiger partial charge in [0.15, 0.2) is 5.78 Å². The Labute approximate surface area is 195 Å². The molecule has 0 bridgehead atoms. The molecule has 1 heterocycles. The summed E-state index contributed by atoms with van der Waals surface area (Å²) in [5.41, 5.74) is 2.20. The van der Waals surface area contributed by atoms with Crippen LogP contribution in [0.4, 0.5) is 10.5 Å². The number of thioether (sulfide) groups is 1. The van der Waals surface area contributed by atoms with Gasteiger partial charge in [0.1, 0.15) is 5.75 Å². The minimum atomic E-state index is -0.429. The van der Waals surface area contributed by atoms with E-state index in [-0.39, 0.29) is 5.78 Å². The summed E-state index contributed by atoms with van der Waals surface area (Å²) in [4.78, 5) is 27.1. The van der Waals surface area contributed by atoms with Crippen molar-refractivity contribution in [2.24, 2.45) is 0 Å². The highest BCUT2D eigenvalue weighted by atomic mass is 32.2. The molecule has 5 nitrogen and oxygen atoms in total. The van der Waals surface area contributed by atoms with Gasteiger partial charge in [0.2, 0.25) is 0 Å². The number of nitrogens with one attached hydrogen (secondary N) is 1. The second-order valence-corrected chi connectivity index (χ2v) is 9.00. The molecule has 1 amide bonds. The minimum Gasteiger partial charge on any atom is -0.410 e. The van der Waals surface area contributed by atoms with Crippen molar-refractivity contribution in [3.05, 3.63) is 65.2 Å². The summed E-state index contributed by atoms with van der Waals surface area (Å²) in [7, 11) is 0. The molecule has 2 aromatic rings. The molecule has 1 aliphatic rings. The maximum atomic E-state index is 12.2. The van der Waals surface area contributed by atoms with Gasteiger partial charge in [-0.25, -0.2) is 4.79 Å². The van der Waals surface area contributed by atoms with Crippen LogP contribution < -0.4 is 15.0 Å². The Bertz CT molecular complexity index is 943. The first kappa shape index (κ1) is 23.9. The van der Waals surface area contributed by atoms with Gasteiger partial charge in [-0.2, -0.15) is 0 Å². The van der Waals surface area contributed by atoms with Crippen molar-refractivity contribution >= 4 is 29.3 Å². The van der Waals surface area contributed by atoms with Gasteiger partial charge in [-0.3, -0.25) is 4.79 Å². The van der Waals surface area contributed by atoms with Crippen molar-refractivity contribution in [3.8, 4) is 5.75 Å². The molecular formula is C26H32N2O3S. The molecule has 0 aliphatic carbocycles. The highest BCUT2D eigenvalue weighted by Gasteiger charge is 2.26. The Kier molecular flexibility index (Phi) is 9.23. The van der Waals surface area contributed by atoms with E-state index in [4.69, 9.17) is 4.74 Å². The first-order chi connectivity index (χ1) is 15.6. The van der Waals surface area contributed by atoms with E-state index in [0.29, 0.717) is 12.3 Å². The van der Waals surface area contributed by atoms with Gasteiger partial charge in [-0.15, -0.1) is 0 Å². The molecular weight excluding hydrogens is 420 g/mol. The van der Waals surface area contributed by atoms with Gasteiger partial charge in [0.05, 0.1) is 10.7 Å². The molecule has 0 saturated heterocycles. The van der Waals surface area contributed by atoms with E-state index in [2.05, 4.69) is 29.3 Å². The number of carbonyl (C=O) groups is 2. The van der Waals surface area contributed by atoms with Crippen molar-refractivity contribution in [2.75, 3.05) is 18.0 Å². The summed E-state index contributed by atoms with van der Waals surface area (Å²) in [6.45, 7) is 5.11. The number of unbranched alkanes of at least 4 members (excludes halogenated alkanes) is 4. The number of allylic oxidation sites excluding steroid dienone is 1. The zero-order valence-electron chi connectivity index (χ0n) is 18.9. The number of ether oxygens (including phenoxy) is 1. The summed E-state index contributed by atoms with van der Waals surface area (Å²) >= 11 is 1.57. The molecule has 1 aliphatic heterocycles. The molecule has 0 spiro atoms. The lowest BCUT2D eigenvalue weighted by Gasteiger charge is -2.21. The third kappa shape index (κ3) is 7.16. The number of nitrogens with zero attached hydrogens (tertiary/aromatic N) is 1. The smallest absolute Gasteiger partial charge is 0.410 e. The zero-order chi connectivity index (χ0) is 22.8. The number of ketones is 1. The second kappa shape index (κ2) is 12.3. The van der Waals surface area contributed by atoms with Crippen LogP contribution in [0.15, 0.2) is 64.5 Å². The van der Waals surface area contributed by atoms with Crippen LogP contribution in [0.2, 0.25) is 0 Å². The number of fused-ring (bicyclic) bond motifs is 1. The fraction of sp³-hybridized carbons (Fsp3) is 0.385. The van der Waals surface area contributed by atoms with Crippen LogP contribution in [0.1, 0.15) is 51.5 Å². The number of amides is 1. The van der Waals surface area contributed by atoms with Gasteiger partial charge < -0.3 is 15.0 Å². The van der Waals surface area contributed by atoms with Crippen LogP contribution in [0.25, 0.3) is 0 Å². The van der Waals surface area contributed by atoms with E-state index < -0.39 is 6.09 Å². The molecule has 0 saturated carbocycles. The predicted molar refractivity (Wildman–Crippen MR) is 131 cm³/mol. The van der Waals surface area contributed by atoms with Crippen LogP contribution in [0.5, 0.6) is 5.75 Å². The average molecular weight is 453 g/mol. The molecule has 0 radical (unpaired) electrons. The zero-order valence-corrected chi connectivity index (χ0v) is 19.7. The van der Waals surface area contributed by atoms with E-state index in [0.717, 1.165) is 41.4 Å². The number of hydrogen-bond acceptors (Lipinski definition) is 5. The van der Waals surface area contributed by atoms with Crippen molar-refractivity contribution in [2.45, 2.75) is 57.3 Å². The molecule has 32 heavy (non-hydrogen) atoms. The van der Waals surface area contributed by atoms with Crippen LogP contribution in [0.3, 0.4) is 0 Å². The Morgan fingerprint density at radius 1 is 1.06 bits per heavy atom. The van der Waals surface area contributed by atoms with E-state index in [1.807, 2.05) is 30.3 Å². The number of anilines is 1. The van der Waals surface area contributed by atoms with E-state index in [9.17, 15) is 9.59 Å². The number of carbonyl (C=O) groups excluding carboxylic acids is 2. The number of rotatable bonds is 11. The lowest BCUT2D eigenvalue weighted by Crippen LogP contribution is -2.27. The van der Waals surface area contributed by atoms with Gasteiger partial charge in [0.25, 0.3) is 0 Å². The standard InChI is InChI=1S/C26H32N2O3S/c1-3-4-5-6-10-16-27-26(30)31-22-13-14-24-23(19-22)28(25(32-24)18-20(2)29)17-15-21-11-8-7-9-12-21/h7-9,11-14,18-19H,3-6,10,15-17H2,1-2H3,(H,27,30)/b25-18-. The summed E-state index contributed by atoms with van der Waals surface area (Å²) < 4.78 is 5.52. The van der Waals surface area contributed by atoms with Crippen LogP contribution in [-0.4, -0.2) is 25.0 Å². The fourth-order valence-corrected chi connectivity index (χ4v) is 4.76. The van der Waals surface area contributed by atoms with E-state index >= 15 is 0 Å². The number of benzene rings is 2. The summed E-state index contributed by atoms with van der Waals surface area (Å²) in [5, 5.41) is 3.73. The molecule has 6 heteroatoms. The third-order valence-corrected chi connectivity index (χ3v) is 6.37. The topological polar surface area (TPSA) is 58.6 Å². The molecule has 2 aromatic carbocycles. The second-order valence-electron chi connectivity index (χ2n) is 7.94. The van der Waals surface area contributed by atoms with E-state index in [1.54, 1.807) is 30.8 Å². The number of hydrogen-bond donors (Lipinski definition) is 1. The molecule has 3 rings (SSSR count). The van der Waals surface area contributed by atoms with Crippen molar-refractivity contribution in [1.82, 2.24) is 5.32 Å². The average Bonchev–Trinajstić information content (AvgIpc) is 3.11. The Hall–Kier alpha value is -2.73. The summed E-state index contributed by atoms with van der Waals surface area (Å²) in [6.07, 6.45) is 7.80. The van der Waals surface area contributed by atoms with Crippen molar-refractivity contribution in [3.63, 3.8) is 0 Å². The molecule has 0 unspecified atom stereocenters.